The summed E-state index contributed by atoms with van der Waals surface area (Å²) >= 11 is 0. The molecule has 0 bridgehead atoms. The number of carbonyl (C=O) groups excluding carboxylic acids is 3. The molecule has 0 saturated carbocycles. The van der Waals surface area contributed by atoms with Crippen LogP contribution in [0.4, 0.5) is 5.69 Å². The lowest BCUT2D eigenvalue weighted by Crippen LogP contribution is -2.49. The van der Waals surface area contributed by atoms with Crippen LogP contribution in [0.15, 0.2) is 42.5 Å². The fourth-order valence-electron chi connectivity index (χ4n) is 3.91. The summed E-state index contributed by atoms with van der Waals surface area (Å²) in [4.78, 5) is 41.3. The molecule has 8 nitrogen and oxygen atoms in total. The Morgan fingerprint density at radius 3 is 2.61 bits per heavy atom. The summed E-state index contributed by atoms with van der Waals surface area (Å²) in [6.45, 7) is 5.71. The number of hydrogen-bond donors (Lipinski definition) is 0. The molecular weight excluding hydrogens is 424 g/mol. The predicted molar refractivity (Wildman–Crippen MR) is 122 cm³/mol. The average Bonchev–Trinajstić information content (AvgIpc) is 2.84. The molecule has 1 saturated heterocycles. The minimum atomic E-state index is -0.323. The number of rotatable bonds is 7. The molecule has 0 unspecified atom stereocenters. The molecule has 4 rings (SSSR count). The Morgan fingerprint density at radius 2 is 1.85 bits per heavy atom. The molecule has 2 aromatic carbocycles. The van der Waals surface area contributed by atoms with Crippen LogP contribution in [0, 0.1) is 0 Å². The highest BCUT2D eigenvalue weighted by molar-refractivity contribution is 6.04. The molecule has 0 N–H and O–H groups in total. The van der Waals surface area contributed by atoms with Gasteiger partial charge in [-0.25, -0.2) is 0 Å². The third-order valence-corrected chi connectivity index (χ3v) is 5.78. The normalized spacial score (nSPS) is 15.8. The third-order valence-electron chi connectivity index (χ3n) is 5.78. The maximum Gasteiger partial charge on any atom is 0.265 e. The van der Waals surface area contributed by atoms with Crippen LogP contribution < -0.4 is 14.4 Å². The zero-order valence-electron chi connectivity index (χ0n) is 18.9. The number of benzene rings is 2. The van der Waals surface area contributed by atoms with Crippen LogP contribution in [0.3, 0.4) is 0 Å². The lowest BCUT2D eigenvalue weighted by atomic mass is 10.0. The predicted octanol–water partition coefficient (Wildman–Crippen LogP) is 2.66. The van der Waals surface area contributed by atoms with Crippen LogP contribution in [0.25, 0.3) is 0 Å². The van der Waals surface area contributed by atoms with Gasteiger partial charge in [0, 0.05) is 18.7 Å². The first kappa shape index (κ1) is 22.8. The van der Waals surface area contributed by atoms with Crippen molar-refractivity contribution in [1.29, 1.82) is 0 Å². The summed E-state index contributed by atoms with van der Waals surface area (Å²) in [5.74, 6) is 0.692. The molecule has 0 atom stereocenters. The molecule has 2 aliphatic rings. The Kier molecular flexibility index (Phi) is 6.93. The summed E-state index contributed by atoms with van der Waals surface area (Å²) in [5, 5.41) is 0. The van der Waals surface area contributed by atoms with Crippen molar-refractivity contribution in [3.8, 4) is 11.5 Å². The highest BCUT2D eigenvalue weighted by atomic mass is 16.5. The highest BCUT2D eigenvalue weighted by Gasteiger charge is 2.30. The van der Waals surface area contributed by atoms with Gasteiger partial charge in [0.05, 0.1) is 18.9 Å². The smallest absolute Gasteiger partial charge is 0.265 e. The van der Waals surface area contributed by atoms with Crippen molar-refractivity contribution >= 4 is 23.3 Å². The first-order chi connectivity index (χ1) is 15.9. The van der Waals surface area contributed by atoms with E-state index in [1.165, 1.54) is 4.90 Å². The molecule has 2 amide bonds. The monoisotopic (exact) mass is 452 g/mol. The molecular formula is C25H28N2O6. The van der Waals surface area contributed by atoms with Crippen molar-refractivity contribution in [3.63, 3.8) is 0 Å². The van der Waals surface area contributed by atoms with E-state index in [1.54, 1.807) is 23.1 Å². The standard InChI is InChI=1S/C25H28N2O6/c1-17(2)19-5-3-4-6-22(19)32-15-21(28)18-7-8-23-20(13-18)27(25(30)16-33-23)14-24(29)26-9-11-31-12-10-26/h3-8,13,17H,9-12,14-16H2,1-2H3. The summed E-state index contributed by atoms with van der Waals surface area (Å²) < 4.78 is 16.6. The number of ketones is 1. The van der Waals surface area contributed by atoms with Crippen molar-refractivity contribution in [1.82, 2.24) is 4.90 Å². The van der Waals surface area contributed by atoms with E-state index in [1.807, 2.05) is 24.3 Å². The summed E-state index contributed by atoms with van der Waals surface area (Å²) in [6, 6.07) is 12.5. The van der Waals surface area contributed by atoms with Crippen molar-refractivity contribution in [2.45, 2.75) is 19.8 Å². The molecule has 174 valence electrons. The van der Waals surface area contributed by atoms with Crippen molar-refractivity contribution in [2.24, 2.45) is 0 Å². The number of morpholine rings is 1. The molecule has 2 heterocycles. The molecule has 1 fully saturated rings. The van der Waals surface area contributed by atoms with Gasteiger partial charge in [0.15, 0.2) is 19.0 Å². The van der Waals surface area contributed by atoms with Gasteiger partial charge in [-0.15, -0.1) is 0 Å². The molecule has 0 spiro atoms. The Bertz CT molecular complexity index is 1040. The number of anilines is 1. The first-order valence-electron chi connectivity index (χ1n) is 11.1. The Hall–Kier alpha value is -3.39. The van der Waals surface area contributed by atoms with E-state index in [2.05, 4.69) is 13.8 Å². The van der Waals surface area contributed by atoms with E-state index in [9.17, 15) is 14.4 Å². The number of Topliss-reactive ketones (excluding diaryl/α,β-unsaturated/α-hetero) is 1. The van der Waals surface area contributed by atoms with Gasteiger partial charge >= 0.3 is 0 Å². The van der Waals surface area contributed by atoms with E-state index in [4.69, 9.17) is 14.2 Å². The number of hydrogen-bond acceptors (Lipinski definition) is 6. The number of fused-ring (bicyclic) bond motifs is 1. The molecule has 0 aromatic heterocycles. The van der Waals surface area contributed by atoms with Crippen molar-refractivity contribution in [2.75, 3.05) is 51.0 Å². The van der Waals surface area contributed by atoms with Gasteiger partial charge in [-0.2, -0.15) is 0 Å². The Labute approximate surface area is 193 Å². The van der Waals surface area contributed by atoms with E-state index in [0.29, 0.717) is 49.1 Å². The SMILES string of the molecule is CC(C)c1ccccc1OCC(=O)c1ccc2c(c1)N(CC(=O)N1CCOCC1)C(=O)CO2. The van der Waals surface area contributed by atoms with E-state index >= 15 is 0 Å². The molecule has 0 aliphatic carbocycles. The minimum Gasteiger partial charge on any atom is -0.485 e. The second-order valence-electron chi connectivity index (χ2n) is 8.35. The van der Waals surface area contributed by atoms with Gasteiger partial charge in [0.1, 0.15) is 18.0 Å². The van der Waals surface area contributed by atoms with Crippen molar-refractivity contribution < 1.29 is 28.6 Å². The highest BCUT2D eigenvalue weighted by Crippen LogP contribution is 2.33. The van der Waals surface area contributed by atoms with Gasteiger partial charge in [0.25, 0.3) is 5.91 Å². The zero-order valence-corrected chi connectivity index (χ0v) is 18.9. The molecule has 33 heavy (non-hydrogen) atoms. The fraction of sp³-hybridized carbons (Fsp3) is 0.400. The third kappa shape index (κ3) is 5.17. The summed E-state index contributed by atoms with van der Waals surface area (Å²) in [5.41, 5.74) is 1.83. The van der Waals surface area contributed by atoms with Gasteiger partial charge < -0.3 is 19.1 Å². The van der Waals surface area contributed by atoms with Crippen LogP contribution in [-0.2, 0) is 14.3 Å². The van der Waals surface area contributed by atoms with Gasteiger partial charge in [0.2, 0.25) is 5.91 Å². The van der Waals surface area contributed by atoms with Crippen LogP contribution >= 0.6 is 0 Å². The first-order valence-corrected chi connectivity index (χ1v) is 11.1. The quantitative estimate of drug-likeness (QED) is 0.601. The molecule has 2 aliphatic heterocycles. The van der Waals surface area contributed by atoms with Crippen LogP contribution in [0.2, 0.25) is 0 Å². The Balaban J connectivity index is 1.49. The molecule has 0 radical (unpaired) electrons. The summed E-state index contributed by atoms with van der Waals surface area (Å²) in [7, 11) is 0. The summed E-state index contributed by atoms with van der Waals surface area (Å²) in [6.07, 6.45) is 0. The topological polar surface area (TPSA) is 85.4 Å². The lowest BCUT2D eigenvalue weighted by Gasteiger charge is -2.32. The number of amides is 2. The Morgan fingerprint density at radius 1 is 1.09 bits per heavy atom. The van der Waals surface area contributed by atoms with Crippen LogP contribution in [0.1, 0.15) is 35.7 Å². The van der Waals surface area contributed by atoms with Crippen LogP contribution in [-0.4, -0.2) is 68.6 Å². The van der Waals surface area contributed by atoms with E-state index < -0.39 is 0 Å². The largest absolute Gasteiger partial charge is 0.485 e. The number of nitrogens with zero attached hydrogens (tertiary/aromatic N) is 2. The fourth-order valence-corrected chi connectivity index (χ4v) is 3.91. The number of carbonyl (C=O) groups is 3. The second-order valence-corrected chi connectivity index (χ2v) is 8.35. The molecule has 8 heteroatoms. The minimum absolute atomic E-state index is 0.106. The maximum absolute atomic E-state index is 12.9. The van der Waals surface area contributed by atoms with Gasteiger partial charge in [-0.05, 0) is 35.7 Å². The van der Waals surface area contributed by atoms with Crippen LogP contribution in [0.5, 0.6) is 11.5 Å². The van der Waals surface area contributed by atoms with Gasteiger partial charge in [-0.3, -0.25) is 19.3 Å². The number of para-hydroxylation sites is 1. The number of ether oxygens (including phenoxy) is 3. The molecule has 2 aromatic rings. The van der Waals surface area contributed by atoms with Gasteiger partial charge in [-0.1, -0.05) is 32.0 Å². The second kappa shape index (κ2) is 10.0. The maximum atomic E-state index is 12.9. The zero-order chi connectivity index (χ0) is 23.4. The van der Waals surface area contributed by atoms with E-state index in [-0.39, 0.29) is 43.3 Å². The lowest BCUT2D eigenvalue weighted by molar-refractivity contribution is -0.135. The average molecular weight is 453 g/mol. The van der Waals surface area contributed by atoms with Crippen molar-refractivity contribution in [3.05, 3.63) is 53.6 Å². The van der Waals surface area contributed by atoms with E-state index in [0.717, 1.165) is 5.56 Å².